The Bertz CT molecular complexity index is 798. The zero-order valence-corrected chi connectivity index (χ0v) is 12.5. The lowest BCUT2D eigenvalue weighted by Crippen LogP contribution is -2.31. The molecule has 6 heteroatoms. The SMILES string of the molecule is Bc1cc(C)cc(C(=O)c2[nH]c(=O)[nH]c(=O)c2C(C)C)c1. The summed E-state index contributed by atoms with van der Waals surface area (Å²) in [5.74, 6) is -0.510. The Labute approximate surface area is 122 Å². The quantitative estimate of drug-likeness (QED) is 0.614. The molecule has 1 aromatic carbocycles. The number of carbonyl (C=O) groups excluding carboxylic acids is 1. The first kappa shape index (κ1) is 15.0. The third-order valence-corrected chi connectivity index (χ3v) is 3.27. The van der Waals surface area contributed by atoms with E-state index in [0.717, 1.165) is 11.0 Å². The Hall–Kier alpha value is -2.37. The molecule has 0 unspecified atom stereocenters. The zero-order valence-electron chi connectivity index (χ0n) is 12.5. The fourth-order valence-corrected chi connectivity index (χ4v) is 2.48. The summed E-state index contributed by atoms with van der Waals surface area (Å²) in [5, 5.41) is 0. The Morgan fingerprint density at radius 3 is 2.38 bits per heavy atom. The normalized spacial score (nSPS) is 10.9. The molecule has 0 aliphatic rings. The molecular weight excluding hydrogens is 267 g/mol. The number of hydrogen-bond acceptors (Lipinski definition) is 3. The van der Waals surface area contributed by atoms with Crippen molar-refractivity contribution in [2.24, 2.45) is 0 Å². The first-order valence-electron chi connectivity index (χ1n) is 6.79. The van der Waals surface area contributed by atoms with E-state index in [1.165, 1.54) is 0 Å². The van der Waals surface area contributed by atoms with E-state index < -0.39 is 11.2 Å². The van der Waals surface area contributed by atoms with Gasteiger partial charge in [-0.15, -0.1) is 0 Å². The molecule has 0 saturated heterocycles. The largest absolute Gasteiger partial charge is 0.326 e. The van der Waals surface area contributed by atoms with Gasteiger partial charge in [0, 0.05) is 11.1 Å². The van der Waals surface area contributed by atoms with E-state index in [1.807, 2.05) is 20.8 Å². The van der Waals surface area contributed by atoms with Crippen LogP contribution in [0, 0.1) is 6.92 Å². The van der Waals surface area contributed by atoms with Crippen molar-refractivity contribution < 1.29 is 4.79 Å². The molecule has 0 spiro atoms. The van der Waals surface area contributed by atoms with Crippen LogP contribution < -0.4 is 16.7 Å². The molecule has 2 aromatic rings. The van der Waals surface area contributed by atoms with Gasteiger partial charge in [0.15, 0.2) is 0 Å². The third kappa shape index (κ3) is 3.04. The molecule has 108 valence electrons. The van der Waals surface area contributed by atoms with Crippen molar-refractivity contribution in [1.29, 1.82) is 0 Å². The first-order chi connectivity index (χ1) is 9.79. The van der Waals surface area contributed by atoms with E-state index in [4.69, 9.17) is 0 Å². The van der Waals surface area contributed by atoms with Crippen LogP contribution >= 0.6 is 0 Å². The van der Waals surface area contributed by atoms with Crippen molar-refractivity contribution in [2.75, 3.05) is 0 Å². The van der Waals surface area contributed by atoms with Crippen LogP contribution in [-0.2, 0) is 0 Å². The van der Waals surface area contributed by atoms with E-state index in [-0.39, 0.29) is 17.4 Å². The summed E-state index contributed by atoms with van der Waals surface area (Å²) in [6, 6.07) is 5.46. The summed E-state index contributed by atoms with van der Waals surface area (Å²) in [5.41, 5.74) is 1.57. The third-order valence-electron chi connectivity index (χ3n) is 3.27. The summed E-state index contributed by atoms with van der Waals surface area (Å²) in [6.45, 7) is 5.51. The van der Waals surface area contributed by atoms with Crippen molar-refractivity contribution in [1.82, 2.24) is 9.97 Å². The lowest BCUT2D eigenvalue weighted by atomic mass is 9.89. The Kier molecular flexibility index (Phi) is 3.98. The van der Waals surface area contributed by atoms with Crippen LogP contribution in [0.15, 0.2) is 27.8 Å². The minimum Gasteiger partial charge on any atom is -0.304 e. The molecule has 0 atom stereocenters. The van der Waals surface area contributed by atoms with Gasteiger partial charge in [-0.3, -0.25) is 14.6 Å². The van der Waals surface area contributed by atoms with Crippen molar-refractivity contribution in [3.63, 3.8) is 0 Å². The number of rotatable bonds is 3. The number of ketones is 1. The van der Waals surface area contributed by atoms with Gasteiger partial charge in [0.1, 0.15) is 7.85 Å². The summed E-state index contributed by atoms with van der Waals surface area (Å²) in [4.78, 5) is 40.7. The van der Waals surface area contributed by atoms with Gasteiger partial charge < -0.3 is 4.98 Å². The minimum atomic E-state index is -0.669. The molecule has 5 nitrogen and oxygen atoms in total. The van der Waals surface area contributed by atoms with Gasteiger partial charge in [0.25, 0.3) is 5.56 Å². The number of H-pyrrole nitrogens is 2. The minimum absolute atomic E-state index is 0.0729. The van der Waals surface area contributed by atoms with Gasteiger partial charge in [0.05, 0.1) is 5.69 Å². The van der Waals surface area contributed by atoms with Crippen LogP contribution in [0.4, 0.5) is 0 Å². The lowest BCUT2D eigenvalue weighted by molar-refractivity contribution is 0.103. The first-order valence-corrected chi connectivity index (χ1v) is 6.79. The molecule has 2 rings (SSSR count). The number of aryl methyl sites for hydroxylation is 1. The molecule has 2 N–H and O–H groups in total. The van der Waals surface area contributed by atoms with Gasteiger partial charge in [-0.25, -0.2) is 4.79 Å². The highest BCUT2D eigenvalue weighted by atomic mass is 16.2. The fourth-order valence-electron chi connectivity index (χ4n) is 2.48. The summed E-state index contributed by atoms with van der Waals surface area (Å²) >= 11 is 0. The van der Waals surface area contributed by atoms with Crippen molar-refractivity contribution >= 4 is 19.1 Å². The number of aromatic amines is 2. The second-order valence-corrected chi connectivity index (χ2v) is 5.56. The maximum Gasteiger partial charge on any atom is 0.326 e. The molecule has 0 radical (unpaired) electrons. The second-order valence-electron chi connectivity index (χ2n) is 5.56. The van der Waals surface area contributed by atoms with Gasteiger partial charge in [-0.05, 0) is 18.9 Å². The lowest BCUT2D eigenvalue weighted by Gasteiger charge is -2.11. The fraction of sp³-hybridized carbons (Fsp3) is 0.267. The molecule has 1 aromatic heterocycles. The van der Waals surface area contributed by atoms with Crippen LogP contribution in [0.3, 0.4) is 0 Å². The molecule has 0 fully saturated rings. The van der Waals surface area contributed by atoms with Crippen molar-refractivity contribution in [3.8, 4) is 0 Å². The maximum atomic E-state index is 12.7. The summed E-state index contributed by atoms with van der Waals surface area (Å²) < 4.78 is 0. The van der Waals surface area contributed by atoms with E-state index in [9.17, 15) is 14.4 Å². The second kappa shape index (κ2) is 5.56. The highest BCUT2D eigenvalue weighted by Crippen LogP contribution is 2.16. The summed E-state index contributed by atoms with van der Waals surface area (Å²) in [6.07, 6.45) is 0. The van der Waals surface area contributed by atoms with Crippen molar-refractivity contribution in [3.05, 3.63) is 61.4 Å². The highest BCUT2D eigenvalue weighted by Gasteiger charge is 2.20. The molecule has 1 heterocycles. The smallest absolute Gasteiger partial charge is 0.304 e. The summed E-state index contributed by atoms with van der Waals surface area (Å²) in [7, 11) is 1.90. The average Bonchev–Trinajstić information content (AvgIpc) is 2.35. The molecule has 0 amide bonds. The number of hydrogen-bond donors (Lipinski definition) is 2. The van der Waals surface area contributed by atoms with E-state index >= 15 is 0 Å². The van der Waals surface area contributed by atoms with Crippen LogP contribution in [0.1, 0.15) is 46.9 Å². The topological polar surface area (TPSA) is 82.8 Å². The van der Waals surface area contributed by atoms with Crippen LogP contribution in [0.5, 0.6) is 0 Å². The molecule has 0 bridgehead atoms. The van der Waals surface area contributed by atoms with Gasteiger partial charge in [-0.2, -0.15) is 0 Å². The standard InChI is InChI=1S/C15H17BN2O3/c1-7(2)11-12(17-15(21)18-14(11)20)13(19)9-4-8(3)5-10(16)6-9/h4-7H,16H2,1-3H3,(H2,17,18,20,21). The van der Waals surface area contributed by atoms with E-state index in [1.54, 1.807) is 26.0 Å². The van der Waals surface area contributed by atoms with Crippen LogP contribution in [0.25, 0.3) is 0 Å². The molecule has 0 aliphatic heterocycles. The predicted octanol–water partition coefficient (Wildman–Crippen LogP) is -0.0156. The number of benzene rings is 1. The van der Waals surface area contributed by atoms with Crippen molar-refractivity contribution in [2.45, 2.75) is 26.7 Å². The van der Waals surface area contributed by atoms with Crippen LogP contribution in [-0.4, -0.2) is 23.6 Å². The monoisotopic (exact) mass is 284 g/mol. The molecular formula is C15H17BN2O3. The molecule has 0 aliphatic carbocycles. The maximum absolute atomic E-state index is 12.7. The predicted molar refractivity (Wildman–Crippen MR) is 84.6 cm³/mol. The zero-order chi connectivity index (χ0) is 15.7. The Balaban J connectivity index is 2.68. The van der Waals surface area contributed by atoms with Crippen LogP contribution in [0.2, 0.25) is 0 Å². The number of nitrogens with one attached hydrogen (secondary N) is 2. The van der Waals surface area contributed by atoms with Gasteiger partial charge >= 0.3 is 5.69 Å². The van der Waals surface area contributed by atoms with Gasteiger partial charge in [0.2, 0.25) is 5.78 Å². The molecule has 0 saturated carbocycles. The van der Waals surface area contributed by atoms with E-state index in [0.29, 0.717) is 11.1 Å². The van der Waals surface area contributed by atoms with E-state index in [2.05, 4.69) is 9.97 Å². The number of carbonyl (C=O) groups is 1. The average molecular weight is 284 g/mol. The Morgan fingerprint density at radius 1 is 1.14 bits per heavy atom. The van der Waals surface area contributed by atoms with Gasteiger partial charge in [-0.1, -0.05) is 37.0 Å². The highest BCUT2D eigenvalue weighted by molar-refractivity contribution is 6.33. The molecule has 21 heavy (non-hydrogen) atoms. The Morgan fingerprint density at radius 2 is 1.81 bits per heavy atom. The number of aromatic nitrogens is 2.